The lowest BCUT2D eigenvalue weighted by Crippen LogP contribution is -2.49. The van der Waals surface area contributed by atoms with Crippen molar-refractivity contribution >= 4 is 11.9 Å². The number of methoxy groups -OCH3 is 1. The highest BCUT2D eigenvalue weighted by atomic mass is 16.5. The second-order valence-corrected chi connectivity index (χ2v) is 2.94. The van der Waals surface area contributed by atoms with Crippen molar-refractivity contribution in [3.05, 3.63) is 11.8 Å². The van der Waals surface area contributed by atoms with Crippen LogP contribution in [0.3, 0.4) is 0 Å². The van der Waals surface area contributed by atoms with Crippen molar-refractivity contribution in [1.82, 2.24) is 4.90 Å². The molecule has 2 heterocycles. The molecule has 0 bridgehead atoms. The number of carbonyl (C=O) groups is 2. The Kier molecular flexibility index (Phi) is 1.43. The summed E-state index contributed by atoms with van der Waals surface area (Å²) in [7, 11) is 1.32. The molecular weight excluding hydrogens is 158 g/mol. The summed E-state index contributed by atoms with van der Waals surface area (Å²) >= 11 is 0. The van der Waals surface area contributed by atoms with E-state index >= 15 is 0 Å². The molecule has 0 aliphatic carbocycles. The highest BCUT2D eigenvalue weighted by Crippen LogP contribution is 2.33. The van der Waals surface area contributed by atoms with Gasteiger partial charge in [-0.15, -0.1) is 0 Å². The highest BCUT2D eigenvalue weighted by molar-refractivity contribution is 5.98. The van der Waals surface area contributed by atoms with Crippen molar-refractivity contribution in [2.75, 3.05) is 7.11 Å². The molecule has 1 amide bonds. The van der Waals surface area contributed by atoms with Crippen molar-refractivity contribution in [3.63, 3.8) is 0 Å². The van der Waals surface area contributed by atoms with E-state index in [0.29, 0.717) is 12.1 Å². The fourth-order valence-electron chi connectivity index (χ4n) is 1.63. The van der Waals surface area contributed by atoms with Crippen LogP contribution in [0.25, 0.3) is 0 Å². The molecular formula is C8H9NO3. The first kappa shape index (κ1) is 7.34. The molecule has 0 unspecified atom stereocenters. The molecule has 2 aliphatic rings. The molecule has 12 heavy (non-hydrogen) atoms. The minimum atomic E-state index is -0.412. The van der Waals surface area contributed by atoms with Crippen LogP contribution in [0.15, 0.2) is 11.8 Å². The smallest absolute Gasteiger partial charge is 0.354 e. The Morgan fingerprint density at radius 3 is 3.08 bits per heavy atom. The zero-order chi connectivity index (χ0) is 8.72. The van der Waals surface area contributed by atoms with Crippen LogP contribution in [0.5, 0.6) is 0 Å². The molecule has 0 aromatic rings. The SMILES string of the molecule is COC(=O)C1=CC[C@@H]2CC(=O)N12. The summed E-state index contributed by atoms with van der Waals surface area (Å²) in [6, 6.07) is 0.228. The van der Waals surface area contributed by atoms with Gasteiger partial charge in [0.15, 0.2) is 0 Å². The van der Waals surface area contributed by atoms with E-state index in [1.807, 2.05) is 0 Å². The molecule has 0 N–H and O–H groups in total. The van der Waals surface area contributed by atoms with Crippen LogP contribution in [-0.4, -0.2) is 29.9 Å². The average Bonchev–Trinajstić information content (AvgIpc) is 2.40. The molecule has 64 valence electrons. The van der Waals surface area contributed by atoms with E-state index in [9.17, 15) is 9.59 Å². The molecule has 1 atom stereocenters. The van der Waals surface area contributed by atoms with Gasteiger partial charge in [-0.2, -0.15) is 0 Å². The fourth-order valence-corrected chi connectivity index (χ4v) is 1.63. The van der Waals surface area contributed by atoms with Crippen LogP contribution in [0.4, 0.5) is 0 Å². The summed E-state index contributed by atoms with van der Waals surface area (Å²) < 4.78 is 4.53. The fraction of sp³-hybridized carbons (Fsp3) is 0.500. The minimum Gasteiger partial charge on any atom is -0.464 e. The highest BCUT2D eigenvalue weighted by Gasteiger charge is 2.43. The summed E-state index contributed by atoms with van der Waals surface area (Å²) in [6.45, 7) is 0. The summed E-state index contributed by atoms with van der Waals surface area (Å²) in [4.78, 5) is 23.6. The minimum absolute atomic E-state index is 0.0224. The molecule has 0 aromatic carbocycles. The first-order valence-electron chi connectivity index (χ1n) is 3.84. The van der Waals surface area contributed by atoms with Crippen LogP contribution in [0.1, 0.15) is 12.8 Å². The number of amides is 1. The van der Waals surface area contributed by atoms with Gasteiger partial charge in [0.25, 0.3) is 0 Å². The number of rotatable bonds is 1. The van der Waals surface area contributed by atoms with Gasteiger partial charge in [-0.1, -0.05) is 6.08 Å². The van der Waals surface area contributed by atoms with E-state index in [-0.39, 0.29) is 11.9 Å². The quantitative estimate of drug-likeness (QED) is 0.409. The average molecular weight is 167 g/mol. The second-order valence-electron chi connectivity index (χ2n) is 2.94. The van der Waals surface area contributed by atoms with Crippen molar-refractivity contribution in [3.8, 4) is 0 Å². The second kappa shape index (κ2) is 2.33. The third kappa shape index (κ3) is 0.776. The first-order valence-corrected chi connectivity index (χ1v) is 3.84. The number of ether oxygens (including phenoxy) is 1. The topological polar surface area (TPSA) is 46.6 Å². The molecule has 1 fully saturated rings. The van der Waals surface area contributed by atoms with Gasteiger partial charge in [0, 0.05) is 12.5 Å². The van der Waals surface area contributed by atoms with Gasteiger partial charge >= 0.3 is 5.97 Å². The Labute approximate surface area is 69.8 Å². The van der Waals surface area contributed by atoms with Crippen LogP contribution in [0, 0.1) is 0 Å². The summed E-state index contributed by atoms with van der Waals surface area (Å²) in [5, 5.41) is 0. The lowest BCUT2D eigenvalue weighted by Gasteiger charge is -2.35. The lowest BCUT2D eigenvalue weighted by atomic mass is 10.0. The number of β-lactam (4-membered cyclic amide) rings is 1. The molecule has 0 radical (unpaired) electrons. The van der Waals surface area contributed by atoms with E-state index in [0.717, 1.165) is 6.42 Å². The third-order valence-electron chi connectivity index (χ3n) is 2.28. The van der Waals surface area contributed by atoms with Gasteiger partial charge in [-0.05, 0) is 6.42 Å². The Bertz CT molecular complexity index is 282. The normalized spacial score (nSPS) is 26.1. The third-order valence-corrected chi connectivity index (χ3v) is 2.28. The van der Waals surface area contributed by atoms with Gasteiger partial charge in [-0.25, -0.2) is 4.79 Å². The Balaban J connectivity index is 2.17. The van der Waals surface area contributed by atoms with Gasteiger partial charge < -0.3 is 9.64 Å². The van der Waals surface area contributed by atoms with Gasteiger partial charge in [0.2, 0.25) is 5.91 Å². The van der Waals surface area contributed by atoms with Crippen LogP contribution < -0.4 is 0 Å². The Morgan fingerprint density at radius 2 is 2.50 bits per heavy atom. The maximum Gasteiger partial charge on any atom is 0.354 e. The number of hydrogen-bond donors (Lipinski definition) is 0. The van der Waals surface area contributed by atoms with Crippen LogP contribution >= 0.6 is 0 Å². The predicted molar refractivity (Wildman–Crippen MR) is 40.0 cm³/mol. The molecule has 2 aliphatic heterocycles. The molecule has 0 spiro atoms. The molecule has 2 rings (SSSR count). The van der Waals surface area contributed by atoms with E-state index in [4.69, 9.17) is 0 Å². The summed E-state index contributed by atoms with van der Waals surface area (Å²) in [6.07, 6.45) is 3.12. The predicted octanol–water partition coefficient (Wildman–Crippen LogP) is 0.0479. The number of esters is 1. The molecule has 0 saturated carbocycles. The standard InChI is InChI=1S/C8H9NO3/c1-12-8(11)6-3-2-5-4-7(10)9(5)6/h3,5H,2,4H2,1H3/t5-/m1/s1. The Hall–Kier alpha value is -1.32. The summed E-state index contributed by atoms with van der Waals surface area (Å²) in [5.41, 5.74) is 0.416. The number of hydrogen-bond acceptors (Lipinski definition) is 3. The molecule has 4 nitrogen and oxygen atoms in total. The molecule has 1 saturated heterocycles. The van der Waals surface area contributed by atoms with E-state index in [1.54, 1.807) is 6.08 Å². The van der Waals surface area contributed by atoms with Crippen LogP contribution in [-0.2, 0) is 14.3 Å². The van der Waals surface area contributed by atoms with Gasteiger partial charge in [0.1, 0.15) is 5.70 Å². The number of carbonyl (C=O) groups excluding carboxylic acids is 2. The number of fused-ring (bicyclic) bond motifs is 1. The van der Waals surface area contributed by atoms with Crippen molar-refractivity contribution in [2.24, 2.45) is 0 Å². The van der Waals surface area contributed by atoms with Gasteiger partial charge in [-0.3, -0.25) is 4.79 Å². The maximum absolute atomic E-state index is 11.1. The maximum atomic E-state index is 11.1. The summed E-state index contributed by atoms with van der Waals surface area (Å²) in [5.74, 6) is -0.389. The first-order chi connectivity index (χ1) is 5.74. The Morgan fingerprint density at radius 1 is 1.75 bits per heavy atom. The molecule has 4 heteroatoms. The lowest BCUT2D eigenvalue weighted by molar-refractivity contribution is -0.148. The zero-order valence-corrected chi connectivity index (χ0v) is 6.74. The van der Waals surface area contributed by atoms with E-state index < -0.39 is 5.97 Å². The van der Waals surface area contributed by atoms with Crippen LogP contribution in [0.2, 0.25) is 0 Å². The van der Waals surface area contributed by atoms with Crippen molar-refractivity contribution in [1.29, 1.82) is 0 Å². The molecule has 0 aromatic heterocycles. The van der Waals surface area contributed by atoms with E-state index in [1.165, 1.54) is 12.0 Å². The van der Waals surface area contributed by atoms with E-state index in [2.05, 4.69) is 4.74 Å². The zero-order valence-electron chi connectivity index (χ0n) is 6.74. The number of nitrogens with zero attached hydrogens (tertiary/aromatic N) is 1. The van der Waals surface area contributed by atoms with Gasteiger partial charge in [0.05, 0.1) is 7.11 Å². The monoisotopic (exact) mass is 167 g/mol. The van der Waals surface area contributed by atoms with Crippen molar-refractivity contribution < 1.29 is 14.3 Å². The largest absolute Gasteiger partial charge is 0.464 e. The van der Waals surface area contributed by atoms with Crippen molar-refractivity contribution in [2.45, 2.75) is 18.9 Å².